The molecule has 2 unspecified atom stereocenters. The minimum atomic E-state index is -1.44. The Labute approximate surface area is 83.2 Å². The molecule has 4 heteroatoms. The van der Waals surface area contributed by atoms with Crippen molar-refractivity contribution >= 4 is 11.8 Å². The standard InChI is InChI=1S/C10H16O4/c1-3-10(2,13)14-9(12)7-5-4-6-8(7)11/h7,13H,3-6H2,1-2H3. The van der Waals surface area contributed by atoms with Crippen molar-refractivity contribution in [3.8, 4) is 0 Å². The summed E-state index contributed by atoms with van der Waals surface area (Å²) in [7, 11) is 0. The summed E-state index contributed by atoms with van der Waals surface area (Å²) in [6, 6.07) is 0. The van der Waals surface area contributed by atoms with E-state index in [0.717, 1.165) is 6.42 Å². The van der Waals surface area contributed by atoms with E-state index in [4.69, 9.17) is 4.74 Å². The number of aliphatic hydroxyl groups is 1. The summed E-state index contributed by atoms with van der Waals surface area (Å²) in [6.45, 7) is 3.13. The molecule has 0 heterocycles. The summed E-state index contributed by atoms with van der Waals surface area (Å²) in [4.78, 5) is 22.6. The van der Waals surface area contributed by atoms with E-state index < -0.39 is 17.7 Å². The fourth-order valence-electron chi connectivity index (χ4n) is 1.42. The van der Waals surface area contributed by atoms with Crippen molar-refractivity contribution in [3.63, 3.8) is 0 Å². The van der Waals surface area contributed by atoms with Gasteiger partial charge >= 0.3 is 5.97 Å². The van der Waals surface area contributed by atoms with E-state index in [1.54, 1.807) is 6.92 Å². The van der Waals surface area contributed by atoms with Crippen LogP contribution in [0.2, 0.25) is 0 Å². The summed E-state index contributed by atoms with van der Waals surface area (Å²) in [5, 5.41) is 9.49. The van der Waals surface area contributed by atoms with Crippen molar-refractivity contribution in [2.45, 2.75) is 45.3 Å². The Morgan fingerprint density at radius 3 is 2.79 bits per heavy atom. The first-order valence-corrected chi connectivity index (χ1v) is 4.94. The summed E-state index contributed by atoms with van der Waals surface area (Å²) >= 11 is 0. The Kier molecular flexibility index (Phi) is 3.26. The van der Waals surface area contributed by atoms with Crippen molar-refractivity contribution in [1.29, 1.82) is 0 Å². The largest absolute Gasteiger partial charge is 0.433 e. The molecule has 0 radical (unpaired) electrons. The highest BCUT2D eigenvalue weighted by molar-refractivity contribution is 6.00. The molecule has 0 aliphatic heterocycles. The van der Waals surface area contributed by atoms with Crippen LogP contribution in [-0.4, -0.2) is 22.6 Å². The average molecular weight is 200 g/mol. The summed E-state index contributed by atoms with van der Waals surface area (Å²) in [6.07, 6.45) is 2.07. The van der Waals surface area contributed by atoms with Crippen molar-refractivity contribution < 1.29 is 19.4 Å². The summed E-state index contributed by atoms with van der Waals surface area (Å²) < 4.78 is 4.84. The molecule has 80 valence electrons. The molecule has 4 nitrogen and oxygen atoms in total. The maximum atomic E-state index is 11.4. The molecular formula is C10H16O4. The quantitative estimate of drug-likeness (QED) is 0.419. The molecule has 0 aromatic rings. The van der Waals surface area contributed by atoms with Gasteiger partial charge in [-0.1, -0.05) is 6.92 Å². The fourth-order valence-corrected chi connectivity index (χ4v) is 1.42. The predicted molar refractivity (Wildman–Crippen MR) is 49.4 cm³/mol. The van der Waals surface area contributed by atoms with E-state index in [2.05, 4.69) is 0 Å². The van der Waals surface area contributed by atoms with Gasteiger partial charge in [0.05, 0.1) is 0 Å². The summed E-state index contributed by atoms with van der Waals surface area (Å²) in [5.41, 5.74) is 0. The third-order valence-corrected chi connectivity index (χ3v) is 2.57. The molecule has 14 heavy (non-hydrogen) atoms. The van der Waals surface area contributed by atoms with Crippen molar-refractivity contribution in [3.05, 3.63) is 0 Å². The maximum Gasteiger partial charge on any atom is 0.318 e. The highest BCUT2D eigenvalue weighted by Gasteiger charge is 2.35. The van der Waals surface area contributed by atoms with Crippen LogP contribution in [0.15, 0.2) is 0 Å². The van der Waals surface area contributed by atoms with E-state index >= 15 is 0 Å². The van der Waals surface area contributed by atoms with Gasteiger partial charge in [-0.05, 0) is 12.8 Å². The van der Waals surface area contributed by atoms with Gasteiger partial charge in [-0.2, -0.15) is 0 Å². The van der Waals surface area contributed by atoms with Gasteiger partial charge in [0.15, 0.2) is 0 Å². The Bertz CT molecular complexity index is 245. The molecule has 1 rings (SSSR count). The second-order valence-electron chi connectivity index (χ2n) is 3.86. The van der Waals surface area contributed by atoms with E-state index in [0.29, 0.717) is 19.3 Å². The third kappa shape index (κ3) is 2.54. The number of carbonyl (C=O) groups is 2. The van der Waals surface area contributed by atoms with Crippen LogP contribution in [0, 0.1) is 5.92 Å². The van der Waals surface area contributed by atoms with Crippen LogP contribution in [0.4, 0.5) is 0 Å². The Morgan fingerprint density at radius 2 is 2.36 bits per heavy atom. The molecule has 1 fully saturated rings. The monoisotopic (exact) mass is 200 g/mol. The first-order valence-electron chi connectivity index (χ1n) is 4.94. The Hall–Kier alpha value is -0.900. The fraction of sp³-hybridized carbons (Fsp3) is 0.800. The zero-order valence-electron chi connectivity index (χ0n) is 8.58. The van der Waals surface area contributed by atoms with E-state index in [9.17, 15) is 14.7 Å². The number of Topliss-reactive ketones (excluding diaryl/α,β-unsaturated/α-hetero) is 1. The number of ether oxygens (including phenoxy) is 1. The van der Waals surface area contributed by atoms with Crippen LogP contribution in [-0.2, 0) is 14.3 Å². The lowest BCUT2D eigenvalue weighted by Crippen LogP contribution is -2.34. The molecule has 0 aromatic heterocycles. The van der Waals surface area contributed by atoms with E-state index in [-0.39, 0.29) is 5.78 Å². The average Bonchev–Trinajstić information content (AvgIpc) is 2.51. The van der Waals surface area contributed by atoms with Crippen LogP contribution >= 0.6 is 0 Å². The van der Waals surface area contributed by atoms with Crippen molar-refractivity contribution in [2.24, 2.45) is 5.92 Å². The minimum absolute atomic E-state index is 0.0677. The highest BCUT2D eigenvalue weighted by atomic mass is 16.7. The second-order valence-corrected chi connectivity index (χ2v) is 3.86. The van der Waals surface area contributed by atoms with Gasteiger partial charge in [-0.3, -0.25) is 9.59 Å². The van der Waals surface area contributed by atoms with Gasteiger partial charge in [0.2, 0.25) is 5.79 Å². The topological polar surface area (TPSA) is 63.6 Å². The highest BCUT2D eigenvalue weighted by Crippen LogP contribution is 2.24. The van der Waals surface area contributed by atoms with Crippen LogP contribution in [0.25, 0.3) is 0 Å². The lowest BCUT2D eigenvalue weighted by atomic mass is 10.1. The molecule has 1 N–H and O–H groups in total. The number of hydrogen-bond acceptors (Lipinski definition) is 4. The zero-order valence-corrected chi connectivity index (χ0v) is 8.58. The normalized spacial score (nSPS) is 25.9. The van der Waals surface area contributed by atoms with Crippen LogP contribution in [0.1, 0.15) is 39.5 Å². The number of hydrogen-bond donors (Lipinski definition) is 1. The molecule has 0 spiro atoms. The first kappa shape index (κ1) is 11.2. The molecule has 0 aromatic carbocycles. The number of carbonyl (C=O) groups excluding carboxylic acids is 2. The summed E-state index contributed by atoms with van der Waals surface area (Å²) in [5.74, 6) is -2.74. The van der Waals surface area contributed by atoms with Gasteiger partial charge in [-0.25, -0.2) is 0 Å². The van der Waals surface area contributed by atoms with Crippen LogP contribution in [0.3, 0.4) is 0 Å². The SMILES string of the molecule is CCC(C)(O)OC(=O)C1CCCC1=O. The maximum absolute atomic E-state index is 11.4. The van der Waals surface area contributed by atoms with Crippen LogP contribution in [0.5, 0.6) is 0 Å². The van der Waals surface area contributed by atoms with E-state index in [1.807, 2.05) is 0 Å². The van der Waals surface area contributed by atoms with Crippen molar-refractivity contribution in [2.75, 3.05) is 0 Å². The Morgan fingerprint density at radius 1 is 1.71 bits per heavy atom. The zero-order chi connectivity index (χ0) is 10.8. The molecule has 0 amide bonds. The van der Waals surface area contributed by atoms with Crippen molar-refractivity contribution in [1.82, 2.24) is 0 Å². The molecule has 0 saturated heterocycles. The number of esters is 1. The third-order valence-electron chi connectivity index (χ3n) is 2.57. The second kappa shape index (κ2) is 4.09. The van der Waals surface area contributed by atoms with Gasteiger partial charge in [0, 0.05) is 19.8 Å². The van der Waals surface area contributed by atoms with Gasteiger partial charge in [0.25, 0.3) is 0 Å². The minimum Gasteiger partial charge on any atom is -0.433 e. The molecular weight excluding hydrogens is 184 g/mol. The molecule has 0 bridgehead atoms. The van der Waals surface area contributed by atoms with Gasteiger partial charge < -0.3 is 9.84 Å². The predicted octanol–water partition coefficient (Wildman–Crippen LogP) is 1.02. The lowest BCUT2D eigenvalue weighted by molar-refractivity contribution is -0.206. The van der Waals surface area contributed by atoms with Gasteiger partial charge in [-0.15, -0.1) is 0 Å². The molecule has 2 atom stereocenters. The molecule has 1 aliphatic rings. The lowest BCUT2D eigenvalue weighted by Gasteiger charge is -2.23. The van der Waals surface area contributed by atoms with Gasteiger partial charge in [0.1, 0.15) is 11.7 Å². The molecule has 1 aliphatic carbocycles. The smallest absolute Gasteiger partial charge is 0.318 e. The Balaban J connectivity index is 2.54. The first-order chi connectivity index (χ1) is 6.46. The molecule has 1 saturated carbocycles. The van der Waals surface area contributed by atoms with E-state index in [1.165, 1.54) is 6.92 Å². The number of rotatable bonds is 3. The van der Waals surface area contributed by atoms with Crippen LogP contribution < -0.4 is 0 Å². The number of ketones is 1.